The molecular formula is C16H15BrN2O2. The minimum atomic E-state index is 0.535. The predicted molar refractivity (Wildman–Crippen MR) is 85.7 cm³/mol. The molecular weight excluding hydrogens is 332 g/mol. The van der Waals surface area contributed by atoms with Crippen molar-refractivity contribution in [1.82, 2.24) is 0 Å². The summed E-state index contributed by atoms with van der Waals surface area (Å²) in [5.41, 5.74) is 2.52. The largest absolute Gasteiger partial charge is 0.496 e. The van der Waals surface area contributed by atoms with E-state index in [9.17, 15) is 0 Å². The third-order valence-corrected chi connectivity index (χ3v) is 3.65. The number of nitrogens with one attached hydrogen (secondary N) is 1. The summed E-state index contributed by atoms with van der Waals surface area (Å²) in [6, 6.07) is 13.5. The average molecular weight is 347 g/mol. The van der Waals surface area contributed by atoms with Crippen LogP contribution in [-0.2, 0) is 6.54 Å². The van der Waals surface area contributed by atoms with E-state index < -0.39 is 0 Å². The molecule has 0 aliphatic heterocycles. The number of methoxy groups -OCH3 is 2. The third-order valence-electron chi connectivity index (χ3n) is 3.03. The summed E-state index contributed by atoms with van der Waals surface area (Å²) in [6.07, 6.45) is 0. The highest BCUT2D eigenvalue weighted by molar-refractivity contribution is 9.10. The van der Waals surface area contributed by atoms with Crippen LogP contribution in [0.1, 0.15) is 11.1 Å². The van der Waals surface area contributed by atoms with Crippen molar-refractivity contribution in [2.45, 2.75) is 6.54 Å². The summed E-state index contributed by atoms with van der Waals surface area (Å²) in [5.74, 6) is 1.38. The number of rotatable bonds is 5. The summed E-state index contributed by atoms with van der Waals surface area (Å²) < 4.78 is 11.2. The molecule has 0 saturated carbocycles. The molecule has 4 nitrogen and oxygen atoms in total. The number of nitriles is 1. The van der Waals surface area contributed by atoms with Crippen LogP contribution >= 0.6 is 15.9 Å². The van der Waals surface area contributed by atoms with Gasteiger partial charge in [0.15, 0.2) is 0 Å². The molecule has 0 aliphatic carbocycles. The Morgan fingerprint density at radius 3 is 2.43 bits per heavy atom. The zero-order valence-electron chi connectivity index (χ0n) is 11.8. The lowest BCUT2D eigenvalue weighted by atomic mass is 10.1. The van der Waals surface area contributed by atoms with Crippen molar-refractivity contribution in [1.29, 1.82) is 5.26 Å². The molecule has 0 unspecified atom stereocenters. The van der Waals surface area contributed by atoms with Crippen molar-refractivity contribution in [2.75, 3.05) is 19.5 Å². The van der Waals surface area contributed by atoms with E-state index in [0.717, 1.165) is 21.5 Å². The highest BCUT2D eigenvalue weighted by Crippen LogP contribution is 2.28. The van der Waals surface area contributed by atoms with Gasteiger partial charge in [0, 0.05) is 12.2 Å². The lowest BCUT2D eigenvalue weighted by molar-refractivity contribution is 0.412. The van der Waals surface area contributed by atoms with Crippen LogP contribution in [0, 0.1) is 11.3 Å². The molecule has 0 fully saturated rings. The van der Waals surface area contributed by atoms with Gasteiger partial charge in [0.1, 0.15) is 17.6 Å². The van der Waals surface area contributed by atoms with Crippen LogP contribution < -0.4 is 14.8 Å². The Hall–Kier alpha value is -2.19. The molecule has 21 heavy (non-hydrogen) atoms. The number of hydrogen-bond donors (Lipinski definition) is 1. The van der Waals surface area contributed by atoms with E-state index in [0.29, 0.717) is 17.9 Å². The second-order valence-corrected chi connectivity index (χ2v) is 5.20. The van der Waals surface area contributed by atoms with Gasteiger partial charge in [-0.2, -0.15) is 5.26 Å². The van der Waals surface area contributed by atoms with Gasteiger partial charge in [-0.1, -0.05) is 6.07 Å². The minimum Gasteiger partial charge on any atom is -0.496 e. The number of nitrogens with zero attached hydrogens (tertiary/aromatic N) is 1. The standard InChI is InChI=1S/C16H15BrN2O2/c1-20-15-5-3-11(7-12(15)9-18)10-19-13-4-6-16(21-2)14(17)8-13/h3-8,19H,10H2,1-2H3. The van der Waals surface area contributed by atoms with Gasteiger partial charge in [-0.15, -0.1) is 0 Å². The van der Waals surface area contributed by atoms with Gasteiger partial charge in [-0.05, 0) is 51.8 Å². The molecule has 0 amide bonds. The molecule has 0 atom stereocenters. The first kappa shape index (κ1) is 15.2. The van der Waals surface area contributed by atoms with E-state index in [2.05, 4.69) is 27.3 Å². The Balaban J connectivity index is 2.10. The number of ether oxygens (including phenoxy) is 2. The predicted octanol–water partition coefficient (Wildman–Crippen LogP) is 3.95. The smallest absolute Gasteiger partial charge is 0.136 e. The van der Waals surface area contributed by atoms with Crippen molar-refractivity contribution < 1.29 is 9.47 Å². The molecule has 0 saturated heterocycles. The maximum absolute atomic E-state index is 9.08. The van der Waals surface area contributed by atoms with Crippen molar-refractivity contribution in [2.24, 2.45) is 0 Å². The Bertz CT molecular complexity index is 680. The summed E-state index contributed by atoms with van der Waals surface area (Å²) in [4.78, 5) is 0. The van der Waals surface area contributed by atoms with Crippen LogP contribution in [0.4, 0.5) is 5.69 Å². The lowest BCUT2D eigenvalue weighted by Crippen LogP contribution is -2.00. The lowest BCUT2D eigenvalue weighted by Gasteiger charge is -2.10. The number of hydrogen-bond acceptors (Lipinski definition) is 4. The topological polar surface area (TPSA) is 54.3 Å². The Morgan fingerprint density at radius 1 is 1.10 bits per heavy atom. The highest BCUT2D eigenvalue weighted by Gasteiger charge is 2.05. The second kappa shape index (κ2) is 7.00. The van der Waals surface area contributed by atoms with Gasteiger partial charge >= 0.3 is 0 Å². The first-order chi connectivity index (χ1) is 10.2. The van der Waals surface area contributed by atoms with Crippen LogP contribution in [-0.4, -0.2) is 14.2 Å². The zero-order chi connectivity index (χ0) is 15.2. The van der Waals surface area contributed by atoms with Crippen LogP contribution in [0.15, 0.2) is 40.9 Å². The van der Waals surface area contributed by atoms with E-state index in [-0.39, 0.29) is 0 Å². The molecule has 0 radical (unpaired) electrons. The molecule has 0 heterocycles. The molecule has 2 aromatic carbocycles. The van der Waals surface area contributed by atoms with Gasteiger partial charge in [-0.25, -0.2) is 0 Å². The summed E-state index contributed by atoms with van der Waals surface area (Å²) in [5, 5.41) is 12.4. The molecule has 0 bridgehead atoms. The summed E-state index contributed by atoms with van der Waals surface area (Å²) in [7, 11) is 3.19. The van der Waals surface area contributed by atoms with Gasteiger partial charge in [-0.3, -0.25) is 0 Å². The van der Waals surface area contributed by atoms with Gasteiger partial charge in [0.05, 0.1) is 24.3 Å². The van der Waals surface area contributed by atoms with E-state index in [1.807, 2.05) is 30.3 Å². The average Bonchev–Trinajstić information content (AvgIpc) is 2.52. The Kier molecular flexibility index (Phi) is 5.07. The molecule has 2 aromatic rings. The summed E-state index contributed by atoms with van der Waals surface area (Å²) in [6.45, 7) is 0.622. The first-order valence-electron chi connectivity index (χ1n) is 6.32. The summed E-state index contributed by atoms with van der Waals surface area (Å²) >= 11 is 3.45. The van der Waals surface area contributed by atoms with E-state index >= 15 is 0 Å². The van der Waals surface area contributed by atoms with Gasteiger partial charge in [0.2, 0.25) is 0 Å². The monoisotopic (exact) mass is 346 g/mol. The molecule has 108 valence electrons. The van der Waals surface area contributed by atoms with Crippen LogP contribution in [0.3, 0.4) is 0 Å². The number of anilines is 1. The molecule has 0 spiro atoms. The van der Waals surface area contributed by atoms with E-state index in [4.69, 9.17) is 14.7 Å². The molecule has 5 heteroatoms. The fourth-order valence-electron chi connectivity index (χ4n) is 1.93. The van der Waals surface area contributed by atoms with E-state index in [1.54, 1.807) is 20.3 Å². The second-order valence-electron chi connectivity index (χ2n) is 4.35. The quantitative estimate of drug-likeness (QED) is 0.890. The zero-order valence-corrected chi connectivity index (χ0v) is 13.4. The normalized spacial score (nSPS) is 9.81. The van der Waals surface area contributed by atoms with Crippen LogP contribution in [0.5, 0.6) is 11.5 Å². The van der Waals surface area contributed by atoms with Crippen molar-refractivity contribution in [3.05, 3.63) is 52.0 Å². The van der Waals surface area contributed by atoms with Gasteiger partial charge in [0.25, 0.3) is 0 Å². The fraction of sp³-hybridized carbons (Fsp3) is 0.188. The van der Waals surface area contributed by atoms with Crippen LogP contribution in [0.2, 0.25) is 0 Å². The minimum absolute atomic E-state index is 0.535. The molecule has 1 N–H and O–H groups in total. The third kappa shape index (κ3) is 3.67. The van der Waals surface area contributed by atoms with Crippen molar-refractivity contribution in [3.63, 3.8) is 0 Å². The SMILES string of the molecule is COc1ccc(NCc2ccc(OC)c(C#N)c2)cc1Br. The first-order valence-corrected chi connectivity index (χ1v) is 7.11. The molecule has 2 rings (SSSR count). The fourth-order valence-corrected chi connectivity index (χ4v) is 2.47. The Morgan fingerprint density at radius 2 is 1.81 bits per heavy atom. The maximum Gasteiger partial charge on any atom is 0.136 e. The van der Waals surface area contributed by atoms with Crippen molar-refractivity contribution in [3.8, 4) is 17.6 Å². The highest BCUT2D eigenvalue weighted by atomic mass is 79.9. The number of benzene rings is 2. The maximum atomic E-state index is 9.08. The number of halogens is 1. The van der Waals surface area contributed by atoms with Crippen LogP contribution in [0.25, 0.3) is 0 Å². The van der Waals surface area contributed by atoms with Gasteiger partial charge < -0.3 is 14.8 Å². The van der Waals surface area contributed by atoms with E-state index in [1.165, 1.54) is 0 Å². The Labute approximate surface area is 132 Å². The van der Waals surface area contributed by atoms with Crippen molar-refractivity contribution >= 4 is 21.6 Å². The molecule has 0 aromatic heterocycles. The molecule has 0 aliphatic rings.